The first-order valence-corrected chi connectivity index (χ1v) is 5.53. The van der Waals surface area contributed by atoms with Gasteiger partial charge in [0.05, 0.1) is 11.1 Å². The third-order valence-corrected chi connectivity index (χ3v) is 2.90. The summed E-state index contributed by atoms with van der Waals surface area (Å²) in [5.41, 5.74) is 0.524. The molecular weight excluding hydrogens is 258 g/mol. The number of carbonyl (C=O) groups excluding carboxylic acids is 2. The Kier molecular flexibility index (Phi) is 1.80. The van der Waals surface area contributed by atoms with E-state index in [-0.39, 0.29) is 16.5 Å². The smallest absolute Gasteiger partial charge is 0.261 e. The van der Waals surface area contributed by atoms with Crippen molar-refractivity contribution in [2.24, 2.45) is 0 Å². The maximum atomic E-state index is 12.1. The largest absolute Gasteiger partial charge is 0.271 e. The predicted molar refractivity (Wildman–Crippen MR) is 60.2 cm³/mol. The molecule has 0 bridgehead atoms. The lowest BCUT2D eigenvalue weighted by Gasteiger charge is -2.19. The third-order valence-electron chi connectivity index (χ3n) is 2.28. The van der Waals surface area contributed by atoms with E-state index in [0.29, 0.717) is 0 Å². The minimum Gasteiger partial charge on any atom is -0.271 e. The average Bonchev–Trinajstić information content (AvgIpc) is 2.54. The van der Waals surface area contributed by atoms with Gasteiger partial charge in [-0.1, -0.05) is 28.1 Å². The van der Waals surface area contributed by atoms with Crippen LogP contribution in [0.2, 0.25) is 0 Å². The Morgan fingerprint density at radius 3 is 2.27 bits per heavy atom. The van der Waals surface area contributed by atoms with Gasteiger partial charge in [0, 0.05) is 15.5 Å². The molecule has 0 spiro atoms. The lowest BCUT2D eigenvalue weighted by atomic mass is 10.1. The lowest BCUT2D eigenvalue weighted by Crippen LogP contribution is -2.38. The summed E-state index contributed by atoms with van der Waals surface area (Å²) >= 11 is 3.06. The first-order valence-electron chi connectivity index (χ1n) is 5.91. The van der Waals surface area contributed by atoms with E-state index in [0.717, 1.165) is 4.90 Å². The van der Waals surface area contributed by atoms with Gasteiger partial charge >= 0.3 is 0 Å². The Labute approximate surface area is 100 Å². The molecule has 0 N–H and O–H groups in total. The molecule has 1 aromatic carbocycles. The Morgan fingerprint density at radius 1 is 1.33 bits per heavy atom. The lowest BCUT2D eigenvalue weighted by molar-refractivity contribution is 0.0612. The topological polar surface area (TPSA) is 37.4 Å². The molecule has 1 heterocycles. The second-order valence-corrected chi connectivity index (χ2v) is 3.84. The van der Waals surface area contributed by atoms with Gasteiger partial charge in [-0.25, -0.2) is 0 Å². The van der Waals surface area contributed by atoms with Crippen molar-refractivity contribution >= 4 is 27.7 Å². The van der Waals surface area contributed by atoms with Gasteiger partial charge in [-0.2, -0.15) is 0 Å². The number of hydrogen-bond donors (Lipinski definition) is 0. The fraction of sp³-hybridized carbons (Fsp3) is 0.273. The van der Waals surface area contributed by atoms with Gasteiger partial charge in [0.1, 0.15) is 0 Å². The molecule has 2 rings (SSSR count). The number of halogens is 1. The highest BCUT2D eigenvalue weighted by atomic mass is 79.9. The molecule has 1 aliphatic heterocycles. The Morgan fingerprint density at radius 2 is 1.87 bits per heavy atom. The molecule has 2 amide bonds. The summed E-state index contributed by atoms with van der Waals surface area (Å²) in [6.07, 6.45) is 0. The van der Waals surface area contributed by atoms with Crippen LogP contribution in [0.25, 0.3) is 0 Å². The summed E-state index contributed by atoms with van der Waals surface area (Å²) in [6, 6.07) is 5.20. The van der Waals surface area contributed by atoms with Crippen LogP contribution in [0.15, 0.2) is 24.3 Å². The monoisotopic (exact) mass is 270 g/mol. The SMILES string of the molecule is [2H]C([2H])([2H])[C@@H](CBr)N1C(=O)c2ccccc2C1=O. The van der Waals surface area contributed by atoms with Gasteiger partial charge in [-0.15, -0.1) is 0 Å². The summed E-state index contributed by atoms with van der Waals surface area (Å²) in [5.74, 6) is -1.09. The fourth-order valence-corrected chi connectivity index (χ4v) is 1.85. The molecule has 0 aromatic heterocycles. The number of hydrogen-bond acceptors (Lipinski definition) is 2. The van der Waals surface area contributed by atoms with Crippen molar-refractivity contribution in [2.45, 2.75) is 12.9 Å². The summed E-state index contributed by atoms with van der Waals surface area (Å²) in [5, 5.41) is 0.0228. The number of benzene rings is 1. The highest BCUT2D eigenvalue weighted by molar-refractivity contribution is 9.09. The van der Waals surface area contributed by atoms with Crippen LogP contribution in [0, 0.1) is 0 Å². The Hall–Kier alpha value is -1.16. The van der Waals surface area contributed by atoms with Gasteiger partial charge < -0.3 is 0 Å². The van der Waals surface area contributed by atoms with E-state index in [9.17, 15) is 9.59 Å². The molecular formula is C11H10BrNO2. The number of nitrogens with zero attached hydrogens (tertiary/aromatic N) is 1. The maximum Gasteiger partial charge on any atom is 0.261 e. The molecule has 4 heteroatoms. The van der Waals surface area contributed by atoms with Crippen molar-refractivity contribution in [3.63, 3.8) is 0 Å². The zero-order valence-electron chi connectivity index (χ0n) is 10.7. The van der Waals surface area contributed by atoms with E-state index < -0.39 is 24.7 Å². The normalized spacial score (nSPS) is 20.6. The van der Waals surface area contributed by atoms with Crippen LogP contribution < -0.4 is 0 Å². The fourth-order valence-electron chi connectivity index (χ4n) is 1.56. The van der Waals surface area contributed by atoms with E-state index in [2.05, 4.69) is 15.9 Å². The van der Waals surface area contributed by atoms with Crippen molar-refractivity contribution < 1.29 is 13.7 Å². The average molecular weight is 271 g/mol. The van der Waals surface area contributed by atoms with Crippen LogP contribution in [0.5, 0.6) is 0 Å². The number of rotatable bonds is 2. The van der Waals surface area contributed by atoms with Crippen LogP contribution in [-0.4, -0.2) is 28.1 Å². The van der Waals surface area contributed by atoms with E-state index in [4.69, 9.17) is 4.11 Å². The standard InChI is InChI=1S/C11H10BrNO2/c1-7(6-12)13-10(14)8-4-2-3-5-9(8)11(13)15/h2-5,7H,6H2,1H3/t7-/m0/s1/i1D3. The van der Waals surface area contributed by atoms with Crippen LogP contribution in [-0.2, 0) is 0 Å². The maximum absolute atomic E-state index is 12.1. The van der Waals surface area contributed by atoms with Crippen molar-refractivity contribution in [1.82, 2.24) is 4.90 Å². The van der Waals surface area contributed by atoms with E-state index in [1.165, 1.54) is 12.1 Å². The number of imide groups is 1. The molecule has 0 saturated heterocycles. The summed E-state index contributed by atoms with van der Waals surface area (Å²) in [4.78, 5) is 25.0. The first-order chi connectivity index (χ1) is 8.38. The summed E-state index contributed by atoms with van der Waals surface area (Å²) in [7, 11) is 0. The molecule has 78 valence electrons. The second-order valence-electron chi connectivity index (χ2n) is 3.20. The number of amides is 2. The van der Waals surface area contributed by atoms with Crippen LogP contribution in [0.4, 0.5) is 0 Å². The van der Waals surface area contributed by atoms with E-state index in [1.54, 1.807) is 12.1 Å². The minimum absolute atomic E-state index is 0.0228. The number of carbonyl (C=O) groups is 2. The van der Waals surface area contributed by atoms with Gasteiger partial charge in [-0.05, 0) is 19.0 Å². The molecule has 15 heavy (non-hydrogen) atoms. The zero-order valence-corrected chi connectivity index (χ0v) is 9.32. The van der Waals surface area contributed by atoms with Crippen LogP contribution in [0.1, 0.15) is 31.7 Å². The molecule has 1 atom stereocenters. The number of fused-ring (bicyclic) bond motifs is 1. The van der Waals surface area contributed by atoms with Crippen molar-refractivity contribution in [3.8, 4) is 0 Å². The molecule has 0 unspecified atom stereocenters. The second kappa shape index (κ2) is 3.77. The van der Waals surface area contributed by atoms with Gasteiger partial charge in [0.2, 0.25) is 0 Å². The molecule has 1 aliphatic rings. The summed E-state index contributed by atoms with van der Waals surface area (Å²) in [6.45, 7) is -2.41. The molecule has 0 radical (unpaired) electrons. The molecule has 0 aliphatic carbocycles. The molecule has 1 aromatic rings. The van der Waals surface area contributed by atoms with Crippen molar-refractivity contribution in [3.05, 3.63) is 35.4 Å². The van der Waals surface area contributed by atoms with Gasteiger partial charge in [0.25, 0.3) is 11.8 Å². The zero-order chi connectivity index (χ0) is 13.5. The predicted octanol–water partition coefficient (Wildman–Crippen LogP) is 2.07. The van der Waals surface area contributed by atoms with Crippen LogP contribution >= 0.6 is 15.9 Å². The molecule has 0 fully saturated rings. The quantitative estimate of drug-likeness (QED) is 0.610. The van der Waals surface area contributed by atoms with E-state index >= 15 is 0 Å². The van der Waals surface area contributed by atoms with Crippen LogP contribution in [0.3, 0.4) is 0 Å². The Balaban J connectivity index is 2.45. The van der Waals surface area contributed by atoms with Crippen molar-refractivity contribution in [1.29, 1.82) is 0 Å². The van der Waals surface area contributed by atoms with Gasteiger partial charge in [0.15, 0.2) is 0 Å². The van der Waals surface area contributed by atoms with Gasteiger partial charge in [-0.3, -0.25) is 14.5 Å². The third kappa shape index (κ3) is 1.49. The van der Waals surface area contributed by atoms with Crippen molar-refractivity contribution in [2.75, 3.05) is 5.33 Å². The summed E-state index contributed by atoms with van der Waals surface area (Å²) < 4.78 is 22.2. The molecule has 0 saturated carbocycles. The minimum atomic E-state index is -2.41. The van der Waals surface area contributed by atoms with E-state index in [1.807, 2.05) is 0 Å². The first kappa shape index (κ1) is 7.17. The Bertz CT molecular complexity index is 480. The molecule has 3 nitrogen and oxygen atoms in total. The number of alkyl halides is 1. The highest BCUT2D eigenvalue weighted by Gasteiger charge is 2.37. The highest BCUT2D eigenvalue weighted by Crippen LogP contribution is 2.24.